The van der Waals surface area contributed by atoms with E-state index in [0.29, 0.717) is 25.7 Å². The maximum absolute atomic E-state index is 12.6. The highest BCUT2D eigenvalue weighted by Gasteiger charge is 2.32. The van der Waals surface area contributed by atoms with Crippen molar-refractivity contribution in [2.45, 2.75) is 46.6 Å². The molecule has 0 spiro atoms. The van der Waals surface area contributed by atoms with Gasteiger partial charge < -0.3 is 9.64 Å². The number of aromatic nitrogens is 1. The summed E-state index contributed by atoms with van der Waals surface area (Å²) in [5.74, 6) is 1.48. The highest BCUT2D eigenvalue weighted by molar-refractivity contribution is 7.10. The molecule has 0 bridgehead atoms. The van der Waals surface area contributed by atoms with E-state index in [4.69, 9.17) is 4.74 Å². The molecule has 5 nitrogen and oxygen atoms in total. The lowest BCUT2D eigenvalue weighted by Crippen LogP contribution is -2.35. The second-order valence-electron chi connectivity index (χ2n) is 8.68. The van der Waals surface area contributed by atoms with E-state index < -0.39 is 0 Å². The van der Waals surface area contributed by atoms with Gasteiger partial charge in [0.25, 0.3) is 0 Å². The fraction of sp³-hybridized carbons (Fsp3) is 0.385. The molecule has 1 amide bonds. The number of ether oxygens (including phenoxy) is 1. The largest absolute Gasteiger partial charge is 0.449 e. The number of benzene rings is 1. The van der Waals surface area contributed by atoms with E-state index in [9.17, 15) is 4.79 Å². The lowest BCUT2D eigenvalue weighted by Gasteiger charge is -2.20. The maximum atomic E-state index is 12.6. The summed E-state index contributed by atoms with van der Waals surface area (Å²) in [5.41, 5.74) is 4.50. The van der Waals surface area contributed by atoms with Gasteiger partial charge in [-0.25, -0.2) is 9.78 Å². The molecule has 168 valence electrons. The number of nitrogens with zero attached hydrogens (tertiary/aromatic N) is 3. The number of thiophene rings is 1. The first-order valence-electron chi connectivity index (χ1n) is 11.4. The molecule has 32 heavy (non-hydrogen) atoms. The zero-order valence-corrected chi connectivity index (χ0v) is 19.9. The van der Waals surface area contributed by atoms with Crippen LogP contribution in [0.1, 0.15) is 44.1 Å². The molecule has 0 fully saturated rings. The van der Waals surface area contributed by atoms with E-state index >= 15 is 0 Å². The molecule has 0 saturated carbocycles. The van der Waals surface area contributed by atoms with E-state index in [1.807, 2.05) is 23.5 Å². The summed E-state index contributed by atoms with van der Waals surface area (Å²) in [6, 6.07) is 14.8. The number of carbonyl (C=O) groups excluding carboxylic acids is 1. The second-order valence-corrected chi connectivity index (χ2v) is 9.68. The first-order valence-corrected chi connectivity index (χ1v) is 12.2. The highest BCUT2D eigenvalue weighted by atomic mass is 32.1. The number of pyridine rings is 1. The van der Waals surface area contributed by atoms with Crippen LogP contribution in [0.3, 0.4) is 0 Å². The van der Waals surface area contributed by atoms with Crippen molar-refractivity contribution in [3.8, 4) is 11.1 Å². The van der Waals surface area contributed by atoms with Crippen molar-refractivity contribution in [1.29, 1.82) is 0 Å². The number of rotatable bonds is 8. The third-order valence-electron chi connectivity index (χ3n) is 5.51. The van der Waals surface area contributed by atoms with Gasteiger partial charge in [-0.1, -0.05) is 45.4 Å². The summed E-state index contributed by atoms with van der Waals surface area (Å²) in [6.07, 6.45) is 4.45. The Morgan fingerprint density at radius 3 is 2.88 bits per heavy atom. The Bertz CT molecular complexity index is 1060. The number of amides is 1. The molecule has 0 N–H and O–H groups in total. The zero-order valence-electron chi connectivity index (χ0n) is 19.1. The molecule has 3 heterocycles. The van der Waals surface area contributed by atoms with Gasteiger partial charge in [-0.15, -0.1) is 11.3 Å². The molecule has 0 saturated heterocycles. The minimum atomic E-state index is -0.306. The maximum Gasteiger partial charge on any atom is 0.415 e. The molecule has 2 aromatic heterocycles. The van der Waals surface area contributed by atoms with Crippen molar-refractivity contribution in [2.75, 3.05) is 23.1 Å². The number of hydrogen-bond acceptors (Lipinski definition) is 5. The summed E-state index contributed by atoms with van der Waals surface area (Å²) >= 11 is 1.84. The van der Waals surface area contributed by atoms with Gasteiger partial charge in [-0.05, 0) is 65.1 Å². The predicted octanol–water partition coefficient (Wildman–Crippen LogP) is 6.73. The lowest BCUT2D eigenvalue weighted by molar-refractivity contribution is 0.152. The van der Waals surface area contributed by atoms with E-state index in [1.165, 1.54) is 21.6 Å². The molecule has 0 unspecified atom stereocenters. The number of fused-ring (bicyclic) bond motifs is 1. The fourth-order valence-corrected chi connectivity index (χ4v) is 5.04. The molecule has 6 heteroatoms. The molecule has 4 rings (SSSR count). The molecule has 0 radical (unpaired) electrons. The Morgan fingerprint density at radius 1 is 1.19 bits per heavy atom. The molecule has 1 aliphatic rings. The quantitative estimate of drug-likeness (QED) is 0.358. The van der Waals surface area contributed by atoms with Gasteiger partial charge >= 0.3 is 6.09 Å². The SMILES string of the molecule is CCCCOC(=O)N1CN(Cc2cccc(-c3csc(CC(C)C)c3)c2)c2ncccc21. The fourth-order valence-electron chi connectivity index (χ4n) is 3.93. The molecular weight excluding hydrogens is 418 g/mol. The van der Waals surface area contributed by atoms with E-state index in [-0.39, 0.29) is 6.09 Å². The Hall–Kier alpha value is -2.86. The van der Waals surface area contributed by atoms with E-state index in [1.54, 1.807) is 11.1 Å². The number of carbonyl (C=O) groups is 1. The second kappa shape index (κ2) is 10.2. The third-order valence-corrected chi connectivity index (χ3v) is 6.47. The normalized spacial score (nSPS) is 13.0. The van der Waals surface area contributed by atoms with Crippen molar-refractivity contribution in [3.63, 3.8) is 0 Å². The number of anilines is 2. The molecule has 0 atom stereocenters. The number of hydrogen-bond donors (Lipinski definition) is 0. The Labute approximate surface area is 194 Å². The van der Waals surface area contributed by atoms with E-state index in [2.05, 4.69) is 66.4 Å². The van der Waals surface area contributed by atoms with Crippen LogP contribution in [0.4, 0.5) is 16.3 Å². The van der Waals surface area contributed by atoms with Gasteiger partial charge in [0.1, 0.15) is 6.67 Å². The summed E-state index contributed by atoms with van der Waals surface area (Å²) in [6.45, 7) is 8.16. The molecule has 1 aliphatic heterocycles. The smallest absolute Gasteiger partial charge is 0.415 e. The van der Waals surface area contributed by atoms with Crippen molar-refractivity contribution < 1.29 is 9.53 Å². The van der Waals surface area contributed by atoms with Crippen LogP contribution in [-0.2, 0) is 17.7 Å². The number of unbranched alkanes of at least 4 members (excludes halogenated alkanes) is 1. The minimum absolute atomic E-state index is 0.306. The Balaban J connectivity index is 1.50. The highest BCUT2D eigenvalue weighted by Crippen LogP contribution is 2.35. The van der Waals surface area contributed by atoms with Crippen molar-refractivity contribution in [3.05, 3.63) is 64.5 Å². The average Bonchev–Trinajstić information content (AvgIpc) is 3.39. The first kappa shape index (κ1) is 22.3. The van der Waals surface area contributed by atoms with Gasteiger partial charge in [-0.2, -0.15) is 0 Å². The van der Waals surface area contributed by atoms with E-state index in [0.717, 1.165) is 30.8 Å². The van der Waals surface area contributed by atoms with Crippen LogP contribution in [0.5, 0.6) is 0 Å². The lowest BCUT2D eigenvalue weighted by atomic mass is 10.0. The molecular formula is C26H31N3O2S. The molecule has 0 aliphatic carbocycles. The Morgan fingerprint density at radius 2 is 2.06 bits per heavy atom. The summed E-state index contributed by atoms with van der Waals surface area (Å²) in [4.78, 5) is 22.4. The van der Waals surface area contributed by atoms with Crippen LogP contribution < -0.4 is 9.80 Å². The molecule has 3 aromatic rings. The predicted molar refractivity (Wildman–Crippen MR) is 132 cm³/mol. The van der Waals surface area contributed by atoms with Gasteiger partial charge in [0.2, 0.25) is 0 Å². The zero-order chi connectivity index (χ0) is 22.5. The summed E-state index contributed by atoms with van der Waals surface area (Å²) in [7, 11) is 0. The standard InChI is InChI=1S/C26H31N3O2S/c1-4-5-12-31-26(30)29-18-28(25-24(29)10-7-11-27-25)16-20-8-6-9-21(14-20)22-15-23(32-17-22)13-19(2)3/h6-11,14-15,17,19H,4-5,12-13,16,18H2,1-3H3. The van der Waals surface area contributed by atoms with Crippen molar-refractivity contribution in [1.82, 2.24) is 4.98 Å². The minimum Gasteiger partial charge on any atom is -0.449 e. The van der Waals surface area contributed by atoms with Crippen LogP contribution in [0, 0.1) is 5.92 Å². The van der Waals surface area contributed by atoms with Crippen molar-refractivity contribution >= 4 is 28.9 Å². The summed E-state index contributed by atoms with van der Waals surface area (Å²) in [5, 5.41) is 2.25. The van der Waals surface area contributed by atoms with Crippen LogP contribution in [-0.4, -0.2) is 24.4 Å². The topological polar surface area (TPSA) is 45.7 Å². The van der Waals surface area contributed by atoms with Crippen LogP contribution >= 0.6 is 11.3 Å². The monoisotopic (exact) mass is 449 g/mol. The van der Waals surface area contributed by atoms with Gasteiger partial charge in [0, 0.05) is 17.6 Å². The van der Waals surface area contributed by atoms with Crippen molar-refractivity contribution in [2.24, 2.45) is 5.92 Å². The van der Waals surface area contributed by atoms with Crippen LogP contribution in [0.15, 0.2) is 54.0 Å². The van der Waals surface area contributed by atoms with Gasteiger partial charge in [-0.3, -0.25) is 4.90 Å². The third kappa shape index (κ3) is 5.13. The van der Waals surface area contributed by atoms with Crippen LogP contribution in [0.25, 0.3) is 11.1 Å². The van der Waals surface area contributed by atoms with Gasteiger partial charge in [0.05, 0.1) is 12.3 Å². The van der Waals surface area contributed by atoms with Gasteiger partial charge in [0.15, 0.2) is 5.82 Å². The summed E-state index contributed by atoms with van der Waals surface area (Å²) < 4.78 is 5.46. The Kier molecular flexibility index (Phi) is 7.10. The first-order chi connectivity index (χ1) is 15.5. The van der Waals surface area contributed by atoms with Crippen LogP contribution in [0.2, 0.25) is 0 Å². The average molecular weight is 450 g/mol. The molecule has 1 aromatic carbocycles.